The Kier molecular flexibility index (Phi) is 4.09. The molecule has 0 saturated carbocycles. The highest BCUT2D eigenvalue weighted by Gasteiger charge is 2.13. The largest absolute Gasteiger partial charge is 0.495 e. The van der Waals surface area contributed by atoms with Crippen LogP contribution in [-0.2, 0) is 0 Å². The zero-order chi connectivity index (χ0) is 12.4. The molecular weight excluding hydrogens is 324 g/mol. The van der Waals surface area contributed by atoms with E-state index in [1.165, 1.54) is 11.3 Å². The van der Waals surface area contributed by atoms with Crippen molar-refractivity contribution in [3.8, 4) is 5.75 Å². The summed E-state index contributed by atoms with van der Waals surface area (Å²) in [7, 11) is 1.56. The lowest BCUT2D eigenvalue weighted by atomic mass is 10.0. The molecule has 0 bridgehead atoms. The summed E-state index contributed by atoms with van der Waals surface area (Å²) < 4.78 is 6.06. The number of thiophene rings is 1. The minimum atomic E-state index is -0.666. The summed E-state index contributed by atoms with van der Waals surface area (Å²) in [6.07, 6.45) is -0.666. The number of aliphatic hydroxyl groups excluding tert-OH is 1. The van der Waals surface area contributed by atoms with Gasteiger partial charge >= 0.3 is 0 Å². The van der Waals surface area contributed by atoms with E-state index in [0.29, 0.717) is 10.8 Å². The van der Waals surface area contributed by atoms with E-state index in [9.17, 15) is 5.11 Å². The lowest BCUT2D eigenvalue weighted by molar-refractivity contribution is 0.220. The van der Waals surface area contributed by atoms with Crippen LogP contribution in [-0.4, -0.2) is 12.2 Å². The predicted octanol–water partition coefficient (Wildman–Crippen LogP) is 4.25. The maximum absolute atomic E-state index is 10.2. The summed E-state index contributed by atoms with van der Waals surface area (Å²) in [5.74, 6) is 0.606. The smallest absolute Gasteiger partial charge is 0.137 e. The van der Waals surface area contributed by atoms with Crippen LogP contribution in [0.15, 0.2) is 33.4 Å². The third-order valence-electron chi connectivity index (χ3n) is 2.40. The van der Waals surface area contributed by atoms with Gasteiger partial charge in [-0.1, -0.05) is 17.7 Å². The van der Waals surface area contributed by atoms with Crippen LogP contribution in [0.5, 0.6) is 5.75 Å². The summed E-state index contributed by atoms with van der Waals surface area (Å²) in [6.45, 7) is 0. The second kappa shape index (κ2) is 5.40. The first-order chi connectivity index (χ1) is 8.11. The molecule has 1 aromatic carbocycles. The highest BCUT2D eigenvalue weighted by Crippen LogP contribution is 2.32. The molecule has 17 heavy (non-hydrogen) atoms. The Morgan fingerprint density at radius 1 is 1.35 bits per heavy atom. The maximum Gasteiger partial charge on any atom is 0.137 e. The van der Waals surface area contributed by atoms with E-state index in [1.54, 1.807) is 25.3 Å². The Morgan fingerprint density at radius 3 is 2.65 bits per heavy atom. The third-order valence-corrected chi connectivity index (χ3v) is 4.21. The molecule has 1 N–H and O–H groups in total. The lowest BCUT2D eigenvalue weighted by Gasteiger charge is -2.11. The van der Waals surface area contributed by atoms with Crippen LogP contribution in [0, 0.1) is 0 Å². The van der Waals surface area contributed by atoms with Crippen LogP contribution >= 0.6 is 38.9 Å². The van der Waals surface area contributed by atoms with Gasteiger partial charge in [0.05, 0.1) is 15.9 Å². The molecule has 1 aromatic heterocycles. The highest BCUT2D eigenvalue weighted by molar-refractivity contribution is 9.11. The zero-order valence-corrected chi connectivity index (χ0v) is 12.1. The number of rotatable bonds is 3. The molecule has 0 saturated heterocycles. The number of hydrogen-bond donors (Lipinski definition) is 1. The van der Waals surface area contributed by atoms with E-state index in [2.05, 4.69) is 15.9 Å². The van der Waals surface area contributed by atoms with Crippen LogP contribution in [0.2, 0.25) is 5.02 Å². The van der Waals surface area contributed by atoms with Crippen LogP contribution in [0.25, 0.3) is 0 Å². The molecule has 2 rings (SSSR count). The quantitative estimate of drug-likeness (QED) is 0.909. The van der Waals surface area contributed by atoms with Crippen molar-refractivity contribution in [1.82, 2.24) is 0 Å². The molecule has 1 atom stereocenters. The SMILES string of the molecule is COc1ccc(C(O)c2csc(Br)c2)cc1Cl. The normalized spacial score (nSPS) is 12.5. The molecule has 0 aliphatic carbocycles. The van der Waals surface area contributed by atoms with Crippen molar-refractivity contribution in [2.75, 3.05) is 7.11 Å². The van der Waals surface area contributed by atoms with Crippen molar-refractivity contribution in [3.63, 3.8) is 0 Å². The van der Waals surface area contributed by atoms with Crippen molar-refractivity contribution in [3.05, 3.63) is 49.6 Å². The number of aliphatic hydroxyl groups is 1. The fourth-order valence-electron chi connectivity index (χ4n) is 1.51. The molecule has 0 amide bonds. The van der Waals surface area contributed by atoms with Crippen molar-refractivity contribution in [2.24, 2.45) is 0 Å². The van der Waals surface area contributed by atoms with Gasteiger partial charge in [-0.2, -0.15) is 0 Å². The van der Waals surface area contributed by atoms with Gasteiger partial charge in [-0.05, 0) is 50.6 Å². The molecule has 90 valence electrons. The van der Waals surface area contributed by atoms with Gasteiger partial charge in [0.2, 0.25) is 0 Å². The Bertz CT molecular complexity index is 527. The first-order valence-corrected chi connectivity index (χ1v) is 6.92. The van der Waals surface area contributed by atoms with Crippen molar-refractivity contribution < 1.29 is 9.84 Å². The molecule has 1 heterocycles. The molecule has 2 aromatic rings. The summed E-state index contributed by atoms with van der Waals surface area (Å²) in [4.78, 5) is 0. The monoisotopic (exact) mass is 332 g/mol. The molecule has 0 fully saturated rings. The average molecular weight is 334 g/mol. The first kappa shape index (κ1) is 12.9. The number of hydrogen-bond acceptors (Lipinski definition) is 3. The van der Waals surface area contributed by atoms with Gasteiger partial charge in [0, 0.05) is 0 Å². The lowest BCUT2D eigenvalue weighted by Crippen LogP contribution is -1.98. The number of methoxy groups -OCH3 is 1. The second-order valence-electron chi connectivity index (χ2n) is 3.48. The third kappa shape index (κ3) is 2.83. The molecule has 1 unspecified atom stereocenters. The Labute approximate surface area is 117 Å². The summed E-state index contributed by atoms with van der Waals surface area (Å²) in [5, 5.41) is 12.6. The maximum atomic E-state index is 10.2. The van der Waals surface area contributed by atoms with Gasteiger partial charge < -0.3 is 9.84 Å². The van der Waals surface area contributed by atoms with E-state index in [0.717, 1.165) is 14.9 Å². The van der Waals surface area contributed by atoms with E-state index in [4.69, 9.17) is 16.3 Å². The Hall–Kier alpha value is -0.550. The van der Waals surface area contributed by atoms with Gasteiger partial charge in [0.15, 0.2) is 0 Å². The minimum absolute atomic E-state index is 0.498. The predicted molar refractivity (Wildman–Crippen MR) is 74.1 cm³/mol. The van der Waals surface area contributed by atoms with E-state index >= 15 is 0 Å². The van der Waals surface area contributed by atoms with Crippen LogP contribution in [0.1, 0.15) is 17.2 Å². The zero-order valence-electron chi connectivity index (χ0n) is 8.98. The molecule has 0 aliphatic heterocycles. The summed E-state index contributed by atoms with van der Waals surface area (Å²) >= 11 is 10.9. The van der Waals surface area contributed by atoms with Gasteiger partial charge in [-0.25, -0.2) is 0 Å². The molecule has 2 nitrogen and oxygen atoms in total. The fraction of sp³-hybridized carbons (Fsp3) is 0.167. The Balaban J connectivity index is 2.31. The minimum Gasteiger partial charge on any atom is -0.495 e. The number of ether oxygens (including phenoxy) is 1. The van der Waals surface area contributed by atoms with Crippen molar-refractivity contribution in [2.45, 2.75) is 6.10 Å². The van der Waals surface area contributed by atoms with Gasteiger partial charge in [-0.3, -0.25) is 0 Å². The first-order valence-electron chi connectivity index (χ1n) is 4.87. The highest BCUT2D eigenvalue weighted by atomic mass is 79.9. The molecule has 5 heteroatoms. The van der Waals surface area contributed by atoms with Crippen molar-refractivity contribution >= 4 is 38.9 Å². The van der Waals surface area contributed by atoms with E-state index < -0.39 is 6.10 Å². The Morgan fingerprint density at radius 2 is 2.12 bits per heavy atom. The van der Waals surface area contributed by atoms with E-state index in [1.807, 2.05) is 11.4 Å². The number of halogens is 2. The van der Waals surface area contributed by atoms with Crippen LogP contribution < -0.4 is 4.74 Å². The second-order valence-corrected chi connectivity index (χ2v) is 6.18. The average Bonchev–Trinajstić information content (AvgIpc) is 2.75. The van der Waals surface area contributed by atoms with Gasteiger partial charge in [-0.15, -0.1) is 11.3 Å². The molecule has 0 radical (unpaired) electrons. The van der Waals surface area contributed by atoms with Crippen LogP contribution in [0.3, 0.4) is 0 Å². The van der Waals surface area contributed by atoms with Crippen molar-refractivity contribution in [1.29, 1.82) is 0 Å². The van der Waals surface area contributed by atoms with Crippen LogP contribution in [0.4, 0.5) is 0 Å². The molecule has 0 aliphatic rings. The number of benzene rings is 1. The van der Waals surface area contributed by atoms with E-state index in [-0.39, 0.29) is 0 Å². The topological polar surface area (TPSA) is 29.5 Å². The summed E-state index contributed by atoms with van der Waals surface area (Å²) in [6, 6.07) is 7.17. The van der Waals surface area contributed by atoms with Gasteiger partial charge in [0.1, 0.15) is 11.9 Å². The standard InChI is InChI=1S/C12H10BrClO2S/c1-16-10-3-2-7(4-9(10)14)12(15)8-5-11(13)17-6-8/h2-6,12,15H,1H3. The van der Waals surface area contributed by atoms with Gasteiger partial charge in [0.25, 0.3) is 0 Å². The fourth-order valence-corrected chi connectivity index (χ4v) is 2.97. The molecular formula is C12H10BrClO2S. The summed E-state index contributed by atoms with van der Waals surface area (Å²) in [5.41, 5.74) is 1.60. The molecule has 0 spiro atoms.